The van der Waals surface area contributed by atoms with E-state index in [4.69, 9.17) is 20.9 Å². The molecule has 0 amide bonds. The van der Waals surface area contributed by atoms with Crippen molar-refractivity contribution in [2.45, 2.75) is 0 Å². The van der Waals surface area contributed by atoms with Crippen LogP contribution in [-0.4, -0.2) is 30.3 Å². The highest BCUT2D eigenvalue weighted by Crippen LogP contribution is 2.32. The van der Waals surface area contributed by atoms with Gasteiger partial charge in [0.15, 0.2) is 0 Å². The Morgan fingerprint density at radius 2 is 1.88 bits per heavy atom. The topological polar surface area (TPSA) is 74.5 Å². The third-order valence-corrected chi connectivity index (χ3v) is 3.62. The van der Waals surface area contributed by atoms with Gasteiger partial charge in [0.25, 0.3) is 5.89 Å². The zero-order chi connectivity index (χ0) is 17.1. The Kier molecular flexibility index (Phi) is 4.48. The second-order valence-corrected chi connectivity index (χ2v) is 5.27. The van der Waals surface area contributed by atoms with Gasteiger partial charge in [0.2, 0.25) is 5.82 Å². The van der Waals surface area contributed by atoms with Gasteiger partial charge in [-0.2, -0.15) is 4.98 Å². The van der Waals surface area contributed by atoms with Crippen molar-refractivity contribution < 1.29 is 18.8 Å². The number of carbonyl (C=O) groups excluding carboxylic acids is 1. The molecule has 1 heterocycles. The van der Waals surface area contributed by atoms with Crippen molar-refractivity contribution >= 4 is 17.6 Å². The van der Waals surface area contributed by atoms with Gasteiger partial charge in [-0.25, -0.2) is 4.79 Å². The van der Waals surface area contributed by atoms with Gasteiger partial charge in [0.05, 0.1) is 25.3 Å². The van der Waals surface area contributed by atoms with Gasteiger partial charge in [-0.1, -0.05) is 16.8 Å². The van der Waals surface area contributed by atoms with Crippen LogP contribution >= 0.6 is 11.6 Å². The Morgan fingerprint density at radius 3 is 2.54 bits per heavy atom. The molecule has 0 spiro atoms. The van der Waals surface area contributed by atoms with Crippen molar-refractivity contribution in [3.63, 3.8) is 0 Å². The molecule has 1 aromatic heterocycles. The fourth-order valence-electron chi connectivity index (χ4n) is 2.17. The number of carbonyl (C=O) groups is 1. The first-order valence-electron chi connectivity index (χ1n) is 6.98. The summed E-state index contributed by atoms with van der Waals surface area (Å²) in [4.78, 5) is 15.8. The van der Waals surface area contributed by atoms with E-state index in [1.807, 2.05) is 0 Å². The Bertz CT molecular complexity index is 875. The minimum atomic E-state index is -0.406. The molecular formula is C17H13ClN2O4. The number of ether oxygens (including phenoxy) is 2. The van der Waals surface area contributed by atoms with E-state index < -0.39 is 5.97 Å². The van der Waals surface area contributed by atoms with E-state index in [0.29, 0.717) is 39.2 Å². The molecule has 6 nitrogen and oxygen atoms in total. The molecular weight excluding hydrogens is 332 g/mol. The number of rotatable bonds is 4. The molecule has 0 unspecified atom stereocenters. The van der Waals surface area contributed by atoms with Crippen molar-refractivity contribution in [1.29, 1.82) is 0 Å². The van der Waals surface area contributed by atoms with Crippen molar-refractivity contribution in [2.75, 3.05) is 14.2 Å². The molecule has 7 heteroatoms. The smallest absolute Gasteiger partial charge is 0.337 e. The van der Waals surface area contributed by atoms with E-state index in [-0.39, 0.29) is 0 Å². The summed E-state index contributed by atoms with van der Waals surface area (Å²) in [5.41, 5.74) is 1.76. The number of nitrogens with zero attached hydrogens (tertiary/aromatic N) is 2. The summed E-state index contributed by atoms with van der Waals surface area (Å²) in [6.07, 6.45) is 0. The van der Waals surface area contributed by atoms with E-state index in [1.165, 1.54) is 7.11 Å². The first-order chi connectivity index (χ1) is 11.6. The first kappa shape index (κ1) is 16.0. The highest BCUT2D eigenvalue weighted by Gasteiger charge is 2.15. The maximum absolute atomic E-state index is 11.5. The highest BCUT2D eigenvalue weighted by molar-refractivity contribution is 6.30. The Morgan fingerprint density at radius 1 is 1.12 bits per heavy atom. The fourth-order valence-corrected chi connectivity index (χ4v) is 2.34. The van der Waals surface area contributed by atoms with Crippen LogP contribution in [0, 0.1) is 0 Å². The van der Waals surface area contributed by atoms with Crippen LogP contribution in [0.5, 0.6) is 5.75 Å². The largest absolute Gasteiger partial charge is 0.496 e. The van der Waals surface area contributed by atoms with Gasteiger partial charge >= 0.3 is 5.97 Å². The number of aromatic nitrogens is 2. The van der Waals surface area contributed by atoms with Crippen LogP contribution in [0.4, 0.5) is 0 Å². The highest BCUT2D eigenvalue weighted by atomic mass is 35.5. The molecule has 0 aliphatic heterocycles. The normalized spacial score (nSPS) is 10.5. The summed E-state index contributed by atoms with van der Waals surface area (Å²) < 4.78 is 15.3. The van der Waals surface area contributed by atoms with Crippen LogP contribution < -0.4 is 4.74 Å². The number of esters is 1. The summed E-state index contributed by atoms with van der Waals surface area (Å²) >= 11 is 6.02. The molecule has 2 aromatic carbocycles. The van der Waals surface area contributed by atoms with Crippen LogP contribution in [0.15, 0.2) is 47.0 Å². The zero-order valence-corrected chi connectivity index (χ0v) is 13.7. The first-order valence-corrected chi connectivity index (χ1v) is 7.36. The Hall–Kier alpha value is -2.86. The minimum Gasteiger partial charge on any atom is -0.496 e. The lowest BCUT2D eigenvalue weighted by molar-refractivity contribution is 0.0600. The molecule has 0 aliphatic carbocycles. The van der Waals surface area contributed by atoms with E-state index in [9.17, 15) is 4.79 Å². The summed E-state index contributed by atoms with van der Waals surface area (Å²) in [5, 5.41) is 4.51. The molecule has 3 aromatic rings. The predicted octanol–water partition coefficient (Wildman–Crippen LogP) is 3.85. The monoisotopic (exact) mass is 344 g/mol. The molecule has 0 N–H and O–H groups in total. The minimum absolute atomic E-state index is 0.323. The average molecular weight is 345 g/mol. The molecule has 0 aliphatic rings. The van der Waals surface area contributed by atoms with Crippen LogP contribution in [-0.2, 0) is 4.74 Å². The molecule has 0 fully saturated rings. The van der Waals surface area contributed by atoms with E-state index in [1.54, 1.807) is 49.6 Å². The third-order valence-electron chi connectivity index (χ3n) is 3.38. The SMILES string of the molecule is COC(=O)c1ccc(-c2nc(-c3cc(Cl)ccc3OC)no2)cc1. The van der Waals surface area contributed by atoms with Crippen molar-refractivity contribution in [2.24, 2.45) is 0 Å². The summed E-state index contributed by atoms with van der Waals surface area (Å²) in [5.74, 6) is 0.869. The fraction of sp³-hybridized carbons (Fsp3) is 0.118. The van der Waals surface area contributed by atoms with Crippen molar-refractivity contribution in [3.8, 4) is 28.6 Å². The van der Waals surface area contributed by atoms with E-state index >= 15 is 0 Å². The quantitative estimate of drug-likeness (QED) is 0.669. The molecule has 122 valence electrons. The van der Waals surface area contributed by atoms with Crippen LogP contribution in [0.3, 0.4) is 0 Å². The van der Waals surface area contributed by atoms with Gasteiger partial charge in [-0.3, -0.25) is 0 Å². The van der Waals surface area contributed by atoms with Crippen molar-refractivity contribution in [3.05, 3.63) is 53.1 Å². The third kappa shape index (κ3) is 3.09. The predicted molar refractivity (Wildman–Crippen MR) is 88.1 cm³/mol. The number of halogens is 1. The number of methoxy groups -OCH3 is 2. The molecule has 0 saturated heterocycles. The molecule has 0 saturated carbocycles. The second-order valence-electron chi connectivity index (χ2n) is 4.84. The molecule has 24 heavy (non-hydrogen) atoms. The second kappa shape index (κ2) is 6.72. The van der Waals surface area contributed by atoms with E-state index in [0.717, 1.165) is 0 Å². The molecule has 0 atom stereocenters. The zero-order valence-electron chi connectivity index (χ0n) is 12.9. The van der Waals surface area contributed by atoms with Gasteiger partial charge in [-0.15, -0.1) is 0 Å². The van der Waals surface area contributed by atoms with Crippen LogP contribution in [0.1, 0.15) is 10.4 Å². The van der Waals surface area contributed by atoms with Gasteiger partial charge < -0.3 is 14.0 Å². The van der Waals surface area contributed by atoms with E-state index in [2.05, 4.69) is 14.9 Å². The number of benzene rings is 2. The lowest BCUT2D eigenvalue weighted by Gasteiger charge is -2.04. The number of hydrogen-bond acceptors (Lipinski definition) is 6. The van der Waals surface area contributed by atoms with Gasteiger partial charge in [0, 0.05) is 10.6 Å². The van der Waals surface area contributed by atoms with Crippen LogP contribution in [0.2, 0.25) is 5.02 Å². The summed E-state index contributed by atoms with van der Waals surface area (Å²) in [6, 6.07) is 11.8. The maximum atomic E-state index is 11.5. The molecule has 0 radical (unpaired) electrons. The maximum Gasteiger partial charge on any atom is 0.337 e. The lowest BCUT2D eigenvalue weighted by atomic mass is 10.1. The van der Waals surface area contributed by atoms with Crippen LogP contribution in [0.25, 0.3) is 22.8 Å². The van der Waals surface area contributed by atoms with Crippen molar-refractivity contribution in [1.82, 2.24) is 10.1 Å². The standard InChI is InChI=1S/C17H13ClN2O4/c1-22-14-8-7-12(18)9-13(14)15-19-16(24-20-15)10-3-5-11(6-4-10)17(21)23-2/h3-9H,1-2H3. The summed E-state index contributed by atoms with van der Waals surface area (Å²) in [6.45, 7) is 0. The Labute approximate surface area is 143 Å². The lowest BCUT2D eigenvalue weighted by Crippen LogP contribution is -2.00. The summed E-state index contributed by atoms with van der Waals surface area (Å²) in [7, 11) is 2.89. The van der Waals surface area contributed by atoms with Gasteiger partial charge in [0.1, 0.15) is 5.75 Å². The Balaban J connectivity index is 1.94. The number of hydrogen-bond donors (Lipinski definition) is 0. The molecule has 0 bridgehead atoms. The van der Waals surface area contributed by atoms with Gasteiger partial charge in [-0.05, 0) is 42.5 Å². The molecule has 3 rings (SSSR count). The average Bonchev–Trinajstić information content (AvgIpc) is 3.11.